The molecule has 1 atom stereocenters. The van der Waals surface area contributed by atoms with Gasteiger partial charge in [0.15, 0.2) is 0 Å². The Kier molecular flexibility index (Phi) is 4.20. The van der Waals surface area contributed by atoms with Crippen molar-refractivity contribution in [3.05, 3.63) is 47.5 Å². The minimum Gasteiger partial charge on any atom is -0.326 e. The molecule has 0 aliphatic rings. The van der Waals surface area contributed by atoms with E-state index in [0.717, 1.165) is 22.6 Å². The summed E-state index contributed by atoms with van der Waals surface area (Å²) < 4.78 is 1.87. The van der Waals surface area contributed by atoms with Crippen LogP contribution in [0.25, 0.3) is 0 Å². The maximum Gasteiger partial charge on any atom is 0.247 e. The quantitative estimate of drug-likeness (QED) is 0.895. The number of benzene rings is 1. The van der Waals surface area contributed by atoms with Crippen molar-refractivity contribution < 1.29 is 4.79 Å². The number of carbonyl (C=O) groups excluding carboxylic acids is 1. The zero-order valence-electron chi connectivity index (χ0n) is 12.1. The molecule has 5 heteroatoms. The van der Waals surface area contributed by atoms with Crippen LogP contribution in [0.1, 0.15) is 29.9 Å². The highest BCUT2D eigenvalue weighted by atomic mass is 16.2. The molecule has 0 fully saturated rings. The van der Waals surface area contributed by atoms with Gasteiger partial charge in [0, 0.05) is 17.9 Å². The Bertz CT molecular complexity index is 618. The zero-order chi connectivity index (χ0) is 14.7. The lowest BCUT2D eigenvalue weighted by Gasteiger charge is -2.15. The summed E-state index contributed by atoms with van der Waals surface area (Å²) in [5.41, 5.74) is 9.29. The molecule has 1 unspecified atom stereocenters. The first-order valence-corrected chi connectivity index (χ1v) is 6.63. The second-order valence-electron chi connectivity index (χ2n) is 4.89. The predicted molar refractivity (Wildman–Crippen MR) is 79.4 cm³/mol. The average Bonchev–Trinajstić information content (AvgIpc) is 2.78. The van der Waals surface area contributed by atoms with Crippen molar-refractivity contribution in [2.24, 2.45) is 5.73 Å². The third kappa shape index (κ3) is 2.88. The van der Waals surface area contributed by atoms with E-state index in [1.54, 1.807) is 6.33 Å². The Morgan fingerprint density at radius 1 is 1.45 bits per heavy atom. The highest BCUT2D eigenvalue weighted by Gasteiger charge is 2.17. The molecule has 5 nitrogen and oxygen atoms in total. The van der Waals surface area contributed by atoms with Crippen molar-refractivity contribution in [2.75, 3.05) is 5.32 Å². The number of rotatable bonds is 4. The summed E-state index contributed by atoms with van der Waals surface area (Å²) in [4.78, 5) is 16.5. The van der Waals surface area contributed by atoms with Gasteiger partial charge in [-0.05, 0) is 38.5 Å². The Morgan fingerprint density at radius 2 is 2.20 bits per heavy atom. The Labute approximate surface area is 118 Å². The lowest BCUT2D eigenvalue weighted by Crippen LogP contribution is -2.24. The smallest absolute Gasteiger partial charge is 0.247 e. The van der Waals surface area contributed by atoms with E-state index in [9.17, 15) is 4.79 Å². The molecule has 0 aliphatic heterocycles. The zero-order valence-corrected chi connectivity index (χ0v) is 12.1. The summed E-state index contributed by atoms with van der Waals surface area (Å²) in [6.45, 7) is 6.21. The molecule has 106 valence electrons. The van der Waals surface area contributed by atoms with Gasteiger partial charge in [0.1, 0.15) is 6.04 Å². The first-order valence-electron chi connectivity index (χ1n) is 6.63. The number of imidazole rings is 1. The third-order valence-corrected chi connectivity index (χ3v) is 3.51. The van der Waals surface area contributed by atoms with Gasteiger partial charge in [-0.1, -0.05) is 12.1 Å². The van der Waals surface area contributed by atoms with Crippen molar-refractivity contribution in [2.45, 2.75) is 33.4 Å². The fourth-order valence-electron chi connectivity index (χ4n) is 2.06. The van der Waals surface area contributed by atoms with Gasteiger partial charge in [-0.3, -0.25) is 4.79 Å². The van der Waals surface area contributed by atoms with Crippen LogP contribution >= 0.6 is 0 Å². The monoisotopic (exact) mass is 272 g/mol. The Morgan fingerprint density at radius 3 is 2.80 bits per heavy atom. The Hall–Kier alpha value is -2.14. The SMILES string of the molecule is Cc1ncn(C(C)C(=O)Nc2cccc(CN)c2)c1C. The van der Waals surface area contributed by atoms with Crippen LogP contribution in [-0.2, 0) is 11.3 Å². The molecule has 0 aliphatic carbocycles. The van der Waals surface area contributed by atoms with Crippen molar-refractivity contribution in [3.63, 3.8) is 0 Å². The van der Waals surface area contributed by atoms with Crippen LogP contribution in [0, 0.1) is 13.8 Å². The van der Waals surface area contributed by atoms with E-state index >= 15 is 0 Å². The molecule has 0 saturated carbocycles. The molecule has 2 rings (SSSR count). The highest BCUT2D eigenvalue weighted by molar-refractivity contribution is 5.93. The number of amides is 1. The van der Waals surface area contributed by atoms with Gasteiger partial charge in [-0.25, -0.2) is 4.98 Å². The molecule has 0 bridgehead atoms. The van der Waals surface area contributed by atoms with E-state index in [-0.39, 0.29) is 11.9 Å². The van der Waals surface area contributed by atoms with Crippen LogP contribution in [-0.4, -0.2) is 15.5 Å². The number of nitrogens with two attached hydrogens (primary N) is 1. The molecule has 3 N–H and O–H groups in total. The highest BCUT2D eigenvalue weighted by Crippen LogP contribution is 2.16. The number of nitrogens with one attached hydrogen (secondary N) is 1. The van der Waals surface area contributed by atoms with Gasteiger partial charge in [0.2, 0.25) is 5.91 Å². The second-order valence-corrected chi connectivity index (χ2v) is 4.89. The number of hydrogen-bond acceptors (Lipinski definition) is 3. The van der Waals surface area contributed by atoms with E-state index in [0.29, 0.717) is 6.54 Å². The topological polar surface area (TPSA) is 72.9 Å². The van der Waals surface area contributed by atoms with E-state index in [4.69, 9.17) is 5.73 Å². The summed E-state index contributed by atoms with van der Waals surface area (Å²) in [6, 6.07) is 7.25. The Balaban J connectivity index is 2.13. The number of aromatic nitrogens is 2. The normalized spacial score (nSPS) is 12.2. The van der Waals surface area contributed by atoms with E-state index < -0.39 is 0 Å². The van der Waals surface area contributed by atoms with Crippen molar-refractivity contribution in [1.82, 2.24) is 9.55 Å². The predicted octanol–water partition coefficient (Wildman–Crippen LogP) is 2.16. The van der Waals surface area contributed by atoms with Gasteiger partial charge in [0.05, 0.1) is 12.0 Å². The molecule has 0 spiro atoms. The van der Waals surface area contributed by atoms with E-state index in [1.807, 2.05) is 49.6 Å². The van der Waals surface area contributed by atoms with Crippen LogP contribution in [0.15, 0.2) is 30.6 Å². The first kappa shape index (κ1) is 14.3. The summed E-state index contributed by atoms with van der Waals surface area (Å²) >= 11 is 0. The fourth-order valence-corrected chi connectivity index (χ4v) is 2.06. The molecule has 1 amide bonds. The molecular weight excluding hydrogens is 252 g/mol. The molecule has 1 aromatic carbocycles. The summed E-state index contributed by atoms with van der Waals surface area (Å²) in [5, 5.41) is 2.91. The van der Waals surface area contributed by atoms with Crippen LogP contribution in [0.3, 0.4) is 0 Å². The number of carbonyl (C=O) groups is 1. The molecule has 0 radical (unpaired) electrons. The molecular formula is C15H20N4O. The van der Waals surface area contributed by atoms with Crippen LogP contribution in [0.2, 0.25) is 0 Å². The first-order chi connectivity index (χ1) is 9.52. The summed E-state index contributed by atoms with van der Waals surface area (Å²) in [5.74, 6) is -0.0697. The largest absolute Gasteiger partial charge is 0.326 e. The van der Waals surface area contributed by atoms with Gasteiger partial charge < -0.3 is 15.6 Å². The molecule has 1 heterocycles. The minimum absolute atomic E-state index is 0.0697. The summed E-state index contributed by atoms with van der Waals surface area (Å²) in [6.07, 6.45) is 1.70. The number of anilines is 1. The molecule has 2 aromatic rings. The van der Waals surface area contributed by atoms with Crippen molar-refractivity contribution in [3.8, 4) is 0 Å². The van der Waals surface area contributed by atoms with Gasteiger partial charge in [-0.2, -0.15) is 0 Å². The number of nitrogens with zero attached hydrogens (tertiary/aromatic N) is 2. The lowest BCUT2D eigenvalue weighted by atomic mass is 10.2. The molecule has 0 saturated heterocycles. The van der Waals surface area contributed by atoms with Gasteiger partial charge >= 0.3 is 0 Å². The maximum atomic E-state index is 12.3. The van der Waals surface area contributed by atoms with Crippen molar-refractivity contribution >= 4 is 11.6 Å². The minimum atomic E-state index is -0.308. The fraction of sp³-hybridized carbons (Fsp3) is 0.333. The number of hydrogen-bond donors (Lipinski definition) is 2. The van der Waals surface area contributed by atoms with Crippen LogP contribution in [0.5, 0.6) is 0 Å². The maximum absolute atomic E-state index is 12.3. The third-order valence-electron chi connectivity index (χ3n) is 3.51. The standard InChI is InChI=1S/C15H20N4O/c1-10-11(2)19(9-17-10)12(3)15(20)18-14-6-4-5-13(7-14)8-16/h4-7,9,12H,8,16H2,1-3H3,(H,18,20). The number of aryl methyl sites for hydroxylation is 1. The summed E-state index contributed by atoms with van der Waals surface area (Å²) in [7, 11) is 0. The van der Waals surface area contributed by atoms with E-state index in [1.165, 1.54) is 0 Å². The van der Waals surface area contributed by atoms with Gasteiger partial charge in [-0.15, -0.1) is 0 Å². The molecule has 20 heavy (non-hydrogen) atoms. The van der Waals surface area contributed by atoms with Gasteiger partial charge in [0.25, 0.3) is 0 Å². The molecule has 1 aromatic heterocycles. The average molecular weight is 272 g/mol. The van der Waals surface area contributed by atoms with Crippen LogP contribution in [0.4, 0.5) is 5.69 Å². The van der Waals surface area contributed by atoms with Crippen molar-refractivity contribution in [1.29, 1.82) is 0 Å². The second kappa shape index (κ2) is 5.88. The van der Waals surface area contributed by atoms with Crippen LogP contribution < -0.4 is 11.1 Å². The lowest BCUT2D eigenvalue weighted by molar-refractivity contribution is -0.118. The van der Waals surface area contributed by atoms with E-state index in [2.05, 4.69) is 10.3 Å².